The summed E-state index contributed by atoms with van der Waals surface area (Å²) >= 11 is 0. The quantitative estimate of drug-likeness (QED) is 0.741. The summed E-state index contributed by atoms with van der Waals surface area (Å²) in [5.74, 6) is 0. The van der Waals surface area contributed by atoms with Gasteiger partial charge in [-0.05, 0) is 37.9 Å². The third-order valence-corrected chi connectivity index (χ3v) is 4.70. The van der Waals surface area contributed by atoms with Crippen molar-refractivity contribution in [3.8, 4) is 0 Å². The summed E-state index contributed by atoms with van der Waals surface area (Å²) in [7, 11) is 2.24. The third kappa shape index (κ3) is 1.21. The maximum absolute atomic E-state index is 3.76. The molecule has 0 unspecified atom stereocenters. The van der Waals surface area contributed by atoms with Gasteiger partial charge in [0.25, 0.3) is 0 Å². The number of hydrogen-bond donors (Lipinski definition) is 2. The van der Waals surface area contributed by atoms with Gasteiger partial charge in [-0.15, -0.1) is 0 Å². The van der Waals surface area contributed by atoms with E-state index in [4.69, 9.17) is 0 Å². The second-order valence-electron chi connectivity index (χ2n) is 5.59. The zero-order valence-electron chi connectivity index (χ0n) is 10.8. The largest absolute Gasteiger partial charge is 0.355 e. The molecule has 2 aliphatic rings. The smallest absolute Gasteiger partial charge is 0.113 e. The maximum atomic E-state index is 3.76. The molecule has 2 aromatic rings. The fraction of sp³-hybridized carbons (Fsp3) is 0.467. The molecule has 2 aliphatic heterocycles. The third-order valence-electron chi connectivity index (χ3n) is 4.70. The van der Waals surface area contributed by atoms with Crippen molar-refractivity contribution < 1.29 is 0 Å². The fourth-order valence-electron chi connectivity index (χ4n) is 3.79. The van der Waals surface area contributed by atoms with Gasteiger partial charge in [-0.1, -0.05) is 18.2 Å². The predicted octanol–water partition coefficient (Wildman–Crippen LogP) is 2.19. The van der Waals surface area contributed by atoms with Crippen LogP contribution in [0.3, 0.4) is 0 Å². The molecule has 4 rings (SSSR count). The van der Waals surface area contributed by atoms with E-state index in [-0.39, 0.29) is 5.66 Å². The van der Waals surface area contributed by atoms with E-state index in [0.717, 1.165) is 13.0 Å². The van der Waals surface area contributed by atoms with E-state index in [1.807, 2.05) is 0 Å². The van der Waals surface area contributed by atoms with Crippen LogP contribution in [0.2, 0.25) is 0 Å². The summed E-state index contributed by atoms with van der Waals surface area (Å²) in [4.78, 5) is 6.15. The van der Waals surface area contributed by atoms with Crippen LogP contribution in [-0.2, 0) is 12.1 Å². The molecule has 3 heteroatoms. The zero-order chi connectivity index (χ0) is 12.2. The molecule has 1 atom stereocenters. The van der Waals surface area contributed by atoms with Crippen LogP contribution < -0.4 is 5.32 Å². The van der Waals surface area contributed by atoms with Crippen LogP contribution >= 0.6 is 0 Å². The van der Waals surface area contributed by atoms with E-state index >= 15 is 0 Å². The van der Waals surface area contributed by atoms with Crippen molar-refractivity contribution >= 4 is 10.9 Å². The molecule has 0 bridgehead atoms. The fourth-order valence-corrected chi connectivity index (χ4v) is 3.79. The SMILES string of the molecule is CN1CCC[C@]12NCCc1c2[nH]c2ccccc12. The van der Waals surface area contributed by atoms with Crippen molar-refractivity contribution in [3.63, 3.8) is 0 Å². The number of aromatic nitrogens is 1. The summed E-state index contributed by atoms with van der Waals surface area (Å²) in [6, 6.07) is 8.70. The lowest BCUT2D eigenvalue weighted by atomic mass is 9.92. The molecular formula is C15H19N3. The minimum atomic E-state index is 0.0621. The maximum Gasteiger partial charge on any atom is 0.113 e. The van der Waals surface area contributed by atoms with Crippen LogP contribution in [0.4, 0.5) is 0 Å². The lowest BCUT2D eigenvalue weighted by Crippen LogP contribution is -2.54. The second-order valence-corrected chi connectivity index (χ2v) is 5.59. The number of H-pyrrole nitrogens is 1. The molecule has 2 N–H and O–H groups in total. The first-order valence-electron chi connectivity index (χ1n) is 6.88. The van der Waals surface area contributed by atoms with Gasteiger partial charge in [-0.25, -0.2) is 0 Å². The highest BCUT2D eigenvalue weighted by atomic mass is 15.3. The zero-order valence-corrected chi connectivity index (χ0v) is 10.8. The number of fused-ring (bicyclic) bond motifs is 4. The molecule has 94 valence electrons. The summed E-state index contributed by atoms with van der Waals surface area (Å²) in [5, 5.41) is 5.17. The number of hydrogen-bond acceptors (Lipinski definition) is 2. The van der Waals surface area contributed by atoms with Crippen molar-refractivity contribution in [2.24, 2.45) is 0 Å². The van der Waals surface area contributed by atoms with Gasteiger partial charge < -0.3 is 4.98 Å². The average Bonchev–Trinajstić information content (AvgIpc) is 2.94. The molecule has 1 aromatic heterocycles. The Labute approximate surface area is 107 Å². The van der Waals surface area contributed by atoms with Crippen LogP contribution in [-0.4, -0.2) is 30.0 Å². The minimum absolute atomic E-state index is 0.0621. The Morgan fingerprint density at radius 1 is 1.28 bits per heavy atom. The molecule has 1 saturated heterocycles. The first-order chi connectivity index (χ1) is 8.81. The molecule has 1 aromatic carbocycles. The number of rotatable bonds is 0. The van der Waals surface area contributed by atoms with Gasteiger partial charge in [0.05, 0.1) is 5.69 Å². The average molecular weight is 241 g/mol. The summed E-state index contributed by atoms with van der Waals surface area (Å²) in [6.45, 7) is 2.26. The van der Waals surface area contributed by atoms with Gasteiger partial charge in [0.2, 0.25) is 0 Å². The van der Waals surface area contributed by atoms with Gasteiger partial charge in [0.1, 0.15) is 5.66 Å². The molecule has 0 saturated carbocycles. The number of benzene rings is 1. The van der Waals surface area contributed by atoms with E-state index in [1.165, 1.54) is 41.5 Å². The van der Waals surface area contributed by atoms with Crippen molar-refractivity contribution in [1.29, 1.82) is 0 Å². The Hall–Kier alpha value is -1.32. The molecule has 3 heterocycles. The van der Waals surface area contributed by atoms with Gasteiger partial charge in [-0.3, -0.25) is 10.2 Å². The Morgan fingerprint density at radius 3 is 3.00 bits per heavy atom. The monoisotopic (exact) mass is 241 g/mol. The summed E-state index contributed by atoms with van der Waals surface area (Å²) < 4.78 is 0. The van der Waals surface area contributed by atoms with Crippen LogP contribution in [0.25, 0.3) is 10.9 Å². The predicted molar refractivity (Wildman–Crippen MR) is 73.5 cm³/mol. The molecule has 0 amide bonds. The molecule has 18 heavy (non-hydrogen) atoms. The Balaban J connectivity index is 1.99. The van der Waals surface area contributed by atoms with Crippen molar-refractivity contribution in [1.82, 2.24) is 15.2 Å². The number of likely N-dealkylation sites (tertiary alicyclic amines) is 1. The molecule has 3 nitrogen and oxygen atoms in total. The van der Waals surface area contributed by atoms with Crippen molar-refractivity contribution in [3.05, 3.63) is 35.5 Å². The normalized spacial score (nSPS) is 28.1. The van der Waals surface area contributed by atoms with Crippen LogP contribution in [0.5, 0.6) is 0 Å². The van der Waals surface area contributed by atoms with Crippen LogP contribution in [0.1, 0.15) is 24.1 Å². The highest BCUT2D eigenvalue weighted by Gasteiger charge is 2.44. The Morgan fingerprint density at radius 2 is 2.17 bits per heavy atom. The standard InChI is InChI=1S/C15H19N3/c1-18-10-4-8-15(18)14-12(7-9-16-15)11-5-2-3-6-13(11)17-14/h2-3,5-6,16-17H,4,7-10H2,1H3/t15-/m0/s1. The first-order valence-corrected chi connectivity index (χ1v) is 6.88. The molecule has 0 aliphatic carbocycles. The van der Waals surface area contributed by atoms with E-state index in [0.29, 0.717) is 0 Å². The van der Waals surface area contributed by atoms with E-state index in [1.54, 1.807) is 0 Å². The van der Waals surface area contributed by atoms with Gasteiger partial charge in [0, 0.05) is 24.0 Å². The number of aromatic amines is 1. The molecule has 1 fully saturated rings. The molecule has 1 spiro atoms. The lowest BCUT2D eigenvalue weighted by Gasteiger charge is -2.40. The topological polar surface area (TPSA) is 31.1 Å². The van der Waals surface area contributed by atoms with Gasteiger partial charge in [-0.2, -0.15) is 0 Å². The number of nitrogens with zero attached hydrogens (tertiary/aromatic N) is 1. The molecular weight excluding hydrogens is 222 g/mol. The summed E-state index contributed by atoms with van der Waals surface area (Å²) in [5.41, 5.74) is 4.28. The first kappa shape index (κ1) is 10.6. The van der Waals surface area contributed by atoms with E-state index < -0.39 is 0 Å². The van der Waals surface area contributed by atoms with E-state index in [2.05, 4.69) is 46.5 Å². The van der Waals surface area contributed by atoms with Gasteiger partial charge >= 0.3 is 0 Å². The van der Waals surface area contributed by atoms with Crippen LogP contribution in [0.15, 0.2) is 24.3 Å². The Bertz CT molecular complexity index is 601. The van der Waals surface area contributed by atoms with Crippen molar-refractivity contribution in [2.45, 2.75) is 24.9 Å². The molecule has 0 radical (unpaired) electrons. The number of para-hydroxylation sites is 1. The highest BCUT2D eigenvalue weighted by molar-refractivity contribution is 5.85. The highest BCUT2D eigenvalue weighted by Crippen LogP contribution is 2.41. The number of nitrogens with one attached hydrogen (secondary N) is 2. The van der Waals surface area contributed by atoms with Crippen molar-refractivity contribution in [2.75, 3.05) is 20.1 Å². The minimum Gasteiger partial charge on any atom is -0.355 e. The van der Waals surface area contributed by atoms with Gasteiger partial charge in [0.15, 0.2) is 0 Å². The van der Waals surface area contributed by atoms with E-state index in [9.17, 15) is 0 Å². The Kier molecular flexibility index (Phi) is 2.11. The second kappa shape index (κ2) is 3.59. The summed E-state index contributed by atoms with van der Waals surface area (Å²) in [6.07, 6.45) is 3.62. The lowest BCUT2D eigenvalue weighted by molar-refractivity contribution is 0.115. The van der Waals surface area contributed by atoms with Crippen LogP contribution in [0, 0.1) is 0 Å².